The highest BCUT2D eigenvalue weighted by molar-refractivity contribution is 5.25. The smallest absolute Gasteiger partial charge is 0.0616 e. The Kier molecular flexibility index (Phi) is 1.24. The molecule has 1 nitrogen and oxygen atoms in total. The quantitative estimate of drug-likeness (QED) is 0.617. The zero-order valence-corrected chi connectivity index (χ0v) is 5.70. The van der Waals surface area contributed by atoms with Crippen LogP contribution in [-0.2, 0) is 0 Å². The Morgan fingerprint density at radius 2 is 1.80 bits per heavy atom. The van der Waals surface area contributed by atoms with Crippen LogP contribution >= 0.6 is 0 Å². The van der Waals surface area contributed by atoms with Gasteiger partial charge in [-0.3, -0.25) is 0 Å². The van der Waals surface area contributed by atoms with Crippen molar-refractivity contribution in [3.8, 4) is 0 Å². The van der Waals surface area contributed by atoms with Crippen LogP contribution in [0.2, 0.25) is 0 Å². The van der Waals surface area contributed by atoms with Gasteiger partial charge in [0.2, 0.25) is 0 Å². The fourth-order valence-corrected chi connectivity index (χ4v) is 1.24. The Labute approximate surface area is 60.3 Å². The second kappa shape index (κ2) is 2.10. The van der Waals surface area contributed by atoms with Gasteiger partial charge in [0, 0.05) is 5.92 Å². The van der Waals surface area contributed by atoms with E-state index in [1.165, 1.54) is 5.56 Å². The summed E-state index contributed by atoms with van der Waals surface area (Å²) >= 11 is 0. The summed E-state index contributed by atoms with van der Waals surface area (Å²) in [7, 11) is 0. The van der Waals surface area contributed by atoms with Crippen molar-refractivity contribution >= 4 is 0 Å². The van der Waals surface area contributed by atoms with E-state index >= 15 is 0 Å². The van der Waals surface area contributed by atoms with E-state index in [0.717, 1.165) is 6.42 Å². The zero-order chi connectivity index (χ0) is 6.97. The summed E-state index contributed by atoms with van der Waals surface area (Å²) in [5, 5.41) is 9.08. The highest BCUT2D eigenvalue weighted by Gasteiger charge is 2.35. The number of hydrogen-bond acceptors (Lipinski definition) is 1. The van der Waals surface area contributed by atoms with Crippen molar-refractivity contribution in [3.05, 3.63) is 35.9 Å². The second-order valence-electron chi connectivity index (χ2n) is 2.82. The maximum absolute atomic E-state index is 9.08. The Bertz CT molecular complexity index is 217. The van der Waals surface area contributed by atoms with Crippen molar-refractivity contribution in [2.45, 2.75) is 18.4 Å². The van der Waals surface area contributed by atoms with Gasteiger partial charge in [0.25, 0.3) is 0 Å². The third-order valence-corrected chi connectivity index (χ3v) is 1.98. The van der Waals surface area contributed by atoms with Crippen LogP contribution in [0.1, 0.15) is 17.9 Å². The predicted octanol–water partition coefficient (Wildman–Crippen LogP) is 1.53. The largest absolute Gasteiger partial charge is 0.392 e. The molecule has 0 aromatic heterocycles. The minimum atomic E-state index is -0.0672. The molecule has 2 atom stereocenters. The van der Waals surface area contributed by atoms with E-state index in [2.05, 4.69) is 12.1 Å². The standard InChI is InChI=1S/C9H10O/c10-9-6-8(9)7-4-2-1-3-5-7/h1-5,8-10H,6H2/t8-,9-/m0/s1. The molecule has 0 aliphatic heterocycles. The molecule has 1 aliphatic carbocycles. The van der Waals surface area contributed by atoms with Crippen LogP contribution < -0.4 is 0 Å². The van der Waals surface area contributed by atoms with E-state index in [4.69, 9.17) is 5.11 Å². The van der Waals surface area contributed by atoms with E-state index in [1.54, 1.807) is 0 Å². The fourth-order valence-electron chi connectivity index (χ4n) is 1.24. The average Bonchev–Trinajstić information content (AvgIpc) is 2.69. The molecular formula is C9H10O. The fraction of sp³-hybridized carbons (Fsp3) is 0.333. The number of aliphatic hydroxyl groups excluding tert-OH is 1. The number of hydrogen-bond donors (Lipinski definition) is 1. The van der Waals surface area contributed by atoms with Crippen molar-refractivity contribution in [2.75, 3.05) is 0 Å². The average molecular weight is 134 g/mol. The molecule has 1 aliphatic rings. The van der Waals surface area contributed by atoms with Crippen molar-refractivity contribution in [3.63, 3.8) is 0 Å². The number of benzene rings is 1. The van der Waals surface area contributed by atoms with E-state index < -0.39 is 0 Å². The minimum absolute atomic E-state index is 0.0672. The van der Waals surface area contributed by atoms with Crippen LogP contribution in [0.4, 0.5) is 0 Å². The highest BCUT2D eigenvalue weighted by Crippen LogP contribution is 2.40. The Morgan fingerprint density at radius 1 is 1.20 bits per heavy atom. The van der Waals surface area contributed by atoms with Gasteiger partial charge in [-0.25, -0.2) is 0 Å². The topological polar surface area (TPSA) is 20.2 Å². The summed E-state index contributed by atoms with van der Waals surface area (Å²) < 4.78 is 0. The lowest BCUT2D eigenvalue weighted by Gasteiger charge is -1.93. The molecule has 0 amide bonds. The van der Waals surface area contributed by atoms with Crippen molar-refractivity contribution in [1.82, 2.24) is 0 Å². The highest BCUT2D eigenvalue weighted by atomic mass is 16.3. The normalized spacial score (nSPS) is 30.1. The Morgan fingerprint density at radius 3 is 2.30 bits per heavy atom. The number of aliphatic hydroxyl groups is 1. The molecule has 1 N–H and O–H groups in total. The van der Waals surface area contributed by atoms with Crippen LogP contribution in [0.5, 0.6) is 0 Å². The van der Waals surface area contributed by atoms with Crippen molar-refractivity contribution in [2.24, 2.45) is 0 Å². The van der Waals surface area contributed by atoms with Gasteiger partial charge in [0.1, 0.15) is 0 Å². The second-order valence-corrected chi connectivity index (χ2v) is 2.82. The summed E-state index contributed by atoms with van der Waals surface area (Å²) in [6.45, 7) is 0. The van der Waals surface area contributed by atoms with E-state index in [-0.39, 0.29) is 6.10 Å². The molecule has 1 fully saturated rings. The zero-order valence-electron chi connectivity index (χ0n) is 5.70. The Hall–Kier alpha value is -0.820. The molecular weight excluding hydrogens is 124 g/mol. The third kappa shape index (κ3) is 0.929. The lowest BCUT2D eigenvalue weighted by atomic mass is 10.1. The molecule has 1 heteroatoms. The van der Waals surface area contributed by atoms with Gasteiger partial charge in [-0.15, -0.1) is 0 Å². The first kappa shape index (κ1) is 5.93. The van der Waals surface area contributed by atoms with Gasteiger partial charge >= 0.3 is 0 Å². The van der Waals surface area contributed by atoms with Crippen LogP contribution in [0.15, 0.2) is 30.3 Å². The molecule has 0 spiro atoms. The van der Waals surface area contributed by atoms with E-state index in [1.807, 2.05) is 18.2 Å². The van der Waals surface area contributed by atoms with Crippen molar-refractivity contribution in [1.29, 1.82) is 0 Å². The summed E-state index contributed by atoms with van der Waals surface area (Å²) in [5.74, 6) is 0.432. The summed E-state index contributed by atoms with van der Waals surface area (Å²) in [6.07, 6.45) is 0.881. The Balaban J connectivity index is 2.20. The third-order valence-electron chi connectivity index (χ3n) is 1.98. The molecule has 10 heavy (non-hydrogen) atoms. The van der Waals surface area contributed by atoms with Crippen LogP contribution in [-0.4, -0.2) is 11.2 Å². The van der Waals surface area contributed by atoms with E-state index in [9.17, 15) is 0 Å². The lowest BCUT2D eigenvalue weighted by Crippen LogP contribution is -1.83. The predicted molar refractivity (Wildman–Crippen MR) is 39.8 cm³/mol. The first-order chi connectivity index (χ1) is 4.88. The van der Waals surface area contributed by atoms with Gasteiger partial charge in [-0.05, 0) is 12.0 Å². The number of rotatable bonds is 1. The van der Waals surface area contributed by atoms with Gasteiger partial charge in [0.15, 0.2) is 0 Å². The minimum Gasteiger partial charge on any atom is -0.392 e. The molecule has 0 saturated heterocycles. The van der Waals surface area contributed by atoms with Gasteiger partial charge < -0.3 is 5.11 Å². The van der Waals surface area contributed by atoms with E-state index in [0.29, 0.717) is 5.92 Å². The maximum Gasteiger partial charge on any atom is 0.0616 e. The molecule has 1 saturated carbocycles. The first-order valence-corrected chi connectivity index (χ1v) is 3.61. The molecule has 1 aromatic rings. The molecule has 0 bridgehead atoms. The SMILES string of the molecule is O[C@H]1C[C@H]1c1ccccc1. The first-order valence-electron chi connectivity index (χ1n) is 3.61. The summed E-state index contributed by atoms with van der Waals surface area (Å²) in [6, 6.07) is 10.2. The summed E-state index contributed by atoms with van der Waals surface area (Å²) in [5.41, 5.74) is 1.27. The van der Waals surface area contributed by atoms with Crippen molar-refractivity contribution < 1.29 is 5.11 Å². The van der Waals surface area contributed by atoms with Crippen LogP contribution in [0, 0.1) is 0 Å². The molecule has 0 radical (unpaired) electrons. The summed E-state index contributed by atoms with van der Waals surface area (Å²) in [4.78, 5) is 0. The molecule has 1 aromatic carbocycles. The lowest BCUT2D eigenvalue weighted by molar-refractivity contribution is 0.272. The monoisotopic (exact) mass is 134 g/mol. The molecule has 0 unspecified atom stereocenters. The van der Waals surface area contributed by atoms with Gasteiger partial charge in [0.05, 0.1) is 6.10 Å². The molecule has 52 valence electrons. The van der Waals surface area contributed by atoms with Gasteiger partial charge in [-0.1, -0.05) is 30.3 Å². The van der Waals surface area contributed by atoms with Crippen LogP contribution in [0.25, 0.3) is 0 Å². The van der Waals surface area contributed by atoms with Gasteiger partial charge in [-0.2, -0.15) is 0 Å². The molecule has 2 rings (SSSR count). The maximum atomic E-state index is 9.08. The molecule has 0 heterocycles. The van der Waals surface area contributed by atoms with Crippen LogP contribution in [0.3, 0.4) is 0 Å².